The minimum Gasteiger partial charge on any atom is -0.494 e. The Bertz CT molecular complexity index is 1140. The highest BCUT2D eigenvalue weighted by Gasteiger charge is 2.21. The predicted octanol–water partition coefficient (Wildman–Crippen LogP) is 5.72. The molecule has 0 aliphatic heterocycles. The van der Waals surface area contributed by atoms with E-state index in [1.165, 1.54) is 17.1 Å². The Hall–Kier alpha value is -2.83. The fraction of sp³-hybridized carbons (Fsp3) is 0.333. The van der Waals surface area contributed by atoms with Crippen LogP contribution in [0.5, 0.6) is 5.75 Å². The molecule has 0 amide bonds. The second kappa shape index (κ2) is 11.9. The summed E-state index contributed by atoms with van der Waals surface area (Å²) in [5, 5.41) is 1.92. The van der Waals surface area contributed by atoms with Crippen molar-refractivity contribution in [3.8, 4) is 5.75 Å². The lowest BCUT2D eigenvalue weighted by Crippen LogP contribution is -2.26. The summed E-state index contributed by atoms with van der Waals surface area (Å²) in [6, 6.07) is 20.2. The van der Waals surface area contributed by atoms with E-state index in [0.717, 1.165) is 42.5 Å². The van der Waals surface area contributed by atoms with Crippen molar-refractivity contribution in [2.45, 2.75) is 30.6 Å². The first-order valence-electron chi connectivity index (χ1n) is 11.4. The summed E-state index contributed by atoms with van der Waals surface area (Å²) >= 11 is 0. The normalized spacial score (nSPS) is 11.6. The van der Waals surface area contributed by atoms with E-state index in [0.29, 0.717) is 12.3 Å². The molecule has 0 radical (unpaired) electrons. The van der Waals surface area contributed by atoms with Crippen molar-refractivity contribution in [2.75, 3.05) is 38.1 Å². The number of hydrogen-bond acceptors (Lipinski definition) is 4. The summed E-state index contributed by atoms with van der Waals surface area (Å²) < 4.78 is 33.4. The van der Waals surface area contributed by atoms with Gasteiger partial charge in [0.05, 0.1) is 17.2 Å². The van der Waals surface area contributed by atoms with Crippen molar-refractivity contribution in [3.05, 3.63) is 79.4 Å². The van der Waals surface area contributed by atoms with Gasteiger partial charge in [0.15, 0.2) is 0 Å². The number of sulfonamides is 1. The number of fused-ring (bicyclic) bond motifs is 1. The maximum absolute atomic E-state index is 13.1. The van der Waals surface area contributed by atoms with Gasteiger partial charge in [-0.05, 0) is 73.6 Å². The van der Waals surface area contributed by atoms with Crippen LogP contribution >= 0.6 is 0 Å². The zero-order valence-corrected chi connectivity index (χ0v) is 20.4. The highest BCUT2D eigenvalue weighted by Crippen LogP contribution is 2.26. The fourth-order valence-electron chi connectivity index (χ4n) is 3.72. The molecule has 0 bridgehead atoms. The molecule has 3 aromatic carbocycles. The minimum absolute atomic E-state index is 0.278. The van der Waals surface area contributed by atoms with E-state index >= 15 is 0 Å². The first kappa shape index (κ1) is 24.8. The van der Waals surface area contributed by atoms with Gasteiger partial charge in [0, 0.05) is 13.6 Å². The molecule has 176 valence electrons. The molecule has 0 heterocycles. The summed E-state index contributed by atoms with van der Waals surface area (Å²) in [4.78, 5) is 2.54. The zero-order chi connectivity index (χ0) is 23.7. The minimum atomic E-state index is -3.65. The number of rotatable bonds is 13. The molecule has 0 atom stereocenters. The van der Waals surface area contributed by atoms with Crippen LogP contribution in [0.3, 0.4) is 0 Å². The molecule has 0 aliphatic carbocycles. The second-order valence-corrected chi connectivity index (χ2v) is 10.3. The Morgan fingerprint density at radius 3 is 2.30 bits per heavy atom. The maximum Gasteiger partial charge on any atom is 0.264 e. The van der Waals surface area contributed by atoms with E-state index in [-0.39, 0.29) is 4.90 Å². The molecule has 0 saturated heterocycles. The van der Waals surface area contributed by atoms with Gasteiger partial charge in [-0.15, -0.1) is 6.58 Å². The van der Waals surface area contributed by atoms with E-state index < -0.39 is 10.0 Å². The molecule has 33 heavy (non-hydrogen) atoms. The van der Waals surface area contributed by atoms with Crippen molar-refractivity contribution >= 4 is 26.5 Å². The summed E-state index contributed by atoms with van der Waals surface area (Å²) in [5.74, 6) is 0.751. The van der Waals surface area contributed by atoms with Gasteiger partial charge < -0.3 is 9.64 Å². The van der Waals surface area contributed by atoms with Gasteiger partial charge in [-0.2, -0.15) is 0 Å². The number of nitrogens with zero attached hydrogens (tertiary/aromatic N) is 2. The monoisotopic (exact) mass is 466 g/mol. The van der Waals surface area contributed by atoms with Crippen LogP contribution in [0.15, 0.2) is 84.3 Å². The lowest BCUT2D eigenvalue weighted by atomic mass is 10.1. The Morgan fingerprint density at radius 2 is 1.58 bits per heavy atom. The summed E-state index contributed by atoms with van der Waals surface area (Å²) in [5.41, 5.74) is 0.596. The number of ether oxygens (including phenoxy) is 1. The molecule has 3 rings (SSSR count). The molecule has 0 aromatic heterocycles. The summed E-state index contributed by atoms with van der Waals surface area (Å²) in [6.07, 6.45) is 6.42. The van der Waals surface area contributed by atoms with Gasteiger partial charge in [0.2, 0.25) is 0 Å². The standard InChI is InChI=1S/C27H34N2O3S/c1-4-19-28(2)20-9-5-6-10-21-32-26-16-14-25(15-17-26)29(3)33(30,31)27-18-13-23-11-7-8-12-24(23)22-27/h4,7-8,11-18,22H,1,5-6,9-10,19-21H2,2-3H3. The molecule has 0 saturated carbocycles. The third kappa shape index (κ3) is 6.83. The van der Waals surface area contributed by atoms with Crippen LogP contribution in [0.25, 0.3) is 10.8 Å². The molecule has 0 unspecified atom stereocenters. The SMILES string of the molecule is C=CCN(C)CCCCCCOc1ccc(N(C)S(=O)(=O)c2ccc3ccccc3c2)cc1. The van der Waals surface area contributed by atoms with Crippen LogP contribution in [0.2, 0.25) is 0 Å². The Labute approximate surface area is 198 Å². The fourth-order valence-corrected chi connectivity index (χ4v) is 4.95. The van der Waals surface area contributed by atoms with Crippen molar-refractivity contribution < 1.29 is 13.2 Å². The Morgan fingerprint density at radius 1 is 0.879 bits per heavy atom. The van der Waals surface area contributed by atoms with Crippen LogP contribution in [-0.2, 0) is 10.0 Å². The highest BCUT2D eigenvalue weighted by molar-refractivity contribution is 7.92. The van der Waals surface area contributed by atoms with E-state index in [2.05, 4.69) is 18.5 Å². The molecular weight excluding hydrogens is 432 g/mol. The van der Waals surface area contributed by atoms with Crippen LogP contribution in [0.1, 0.15) is 25.7 Å². The first-order valence-corrected chi connectivity index (χ1v) is 12.9. The number of likely N-dealkylation sites (N-methyl/N-ethyl adjacent to an activating group) is 1. The average Bonchev–Trinajstić information content (AvgIpc) is 2.83. The zero-order valence-electron chi connectivity index (χ0n) is 19.6. The van der Waals surface area contributed by atoms with Crippen LogP contribution in [-0.4, -0.2) is 47.1 Å². The molecule has 0 spiro atoms. The molecule has 0 N–H and O–H groups in total. The summed E-state index contributed by atoms with van der Waals surface area (Å²) in [6.45, 7) is 6.43. The quantitative estimate of drug-likeness (QED) is 0.239. The van der Waals surface area contributed by atoms with Crippen LogP contribution < -0.4 is 9.04 Å². The molecule has 3 aromatic rings. The van der Waals surface area contributed by atoms with Gasteiger partial charge in [-0.25, -0.2) is 8.42 Å². The van der Waals surface area contributed by atoms with Gasteiger partial charge >= 0.3 is 0 Å². The number of hydrogen-bond donors (Lipinski definition) is 0. The molecule has 5 nitrogen and oxygen atoms in total. The smallest absolute Gasteiger partial charge is 0.264 e. The van der Waals surface area contributed by atoms with E-state index in [9.17, 15) is 8.42 Å². The predicted molar refractivity (Wildman–Crippen MR) is 138 cm³/mol. The number of anilines is 1. The molecular formula is C27H34N2O3S. The molecule has 0 aliphatic rings. The average molecular weight is 467 g/mol. The van der Waals surface area contributed by atoms with E-state index in [1.54, 1.807) is 31.3 Å². The first-order chi connectivity index (χ1) is 15.9. The van der Waals surface area contributed by atoms with Crippen LogP contribution in [0, 0.1) is 0 Å². The molecule has 0 fully saturated rings. The van der Waals surface area contributed by atoms with Gasteiger partial charge in [0.1, 0.15) is 5.75 Å². The lowest BCUT2D eigenvalue weighted by Gasteiger charge is -2.20. The lowest BCUT2D eigenvalue weighted by molar-refractivity contribution is 0.300. The van der Waals surface area contributed by atoms with Crippen molar-refractivity contribution in [1.82, 2.24) is 4.90 Å². The van der Waals surface area contributed by atoms with Crippen molar-refractivity contribution in [3.63, 3.8) is 0 Å². The maximum atomic E-state index is 13.1. The van der Waals surface area contributed by atoms with Crippen LogP contribution in [0.4, 0.5) is 5.69 Å². The Kier molecular flexibility index (Phi) is 8.92. The largest absolute Gasteiger partial charge is 0.494 e. The van der Waals surface area contributed by atoms with Gasteiger partial charge in [-0.3, -0.25) is 4.31 Å². The van der Waals surface area contributed by atoms with E-state index in [4.69, 9.17) is 4.74 Å². The third-order valence-corrected chi connectivity index (χ3v) is 7.50. The molecule has 6 heteroatoms. The van der Waals surface area contributed by atoms with Gasteiger partial charge in [0.25, 0.3) is 10.0 Å². The topological polar surface area (TPSA) is 49.9 Å². The van der Waals surface area contributed by atoms with Crippen molar-refractivity contribution in [1.29, 1.82) is 0 Å². The highest BCUT2D eigenvalue weighted by atomic mass is 32.2. The number of benzene rings is 3. The Balaban J connectivity index is 1.50. The second-order valence-electron chi connectivity index (χ2n) is 8.29. The number of unbranched alkanes of at least 4 members (excludes halogenated alkanes) is 3. The third-order valence-electron chi connectivity index (χ3n) is 5.72. The van der Waals surface area contributed by atoms with E-state index in [1.807, 2.05) is 48.5 Å². The van der Waals surface area contributed by atoms with Gasteiger partial charge in [-0.1, -0.05) is 49.2 Å². The van der Waals surface area contributed by atoms with Crippen molar-refractivity contribution in [2.24, 2.45) is 0 Å². The summed E-state index contributed by atoms with van der Waals surface area (Å²) in [7, 11) is 0.0338.